The molecule has 244 valence electrons. The Morgan fingerprint density at radius 2 is 1.87 bits per heavy atom. The molecule has 1 atom stereocenters. The molecule has 0 radical (unpaired) electrons. The Hall–Kier alpha value is -4.83. The molecule has 0 bridgehead atoms. The second kappa shape index (κ2) is 12.1. The number of carbonyl (C=O) groups is 1. The van der Waals surface area contributed by atoms with Crippen LogP contribution in [0, 0.1) is 19.7 Å². The van der Waals surface area contributed by atoms with E-state index in [4.69, 9.17) is 14.5 Å². The van der Waals surface area contributed by atoms with E-state index in [1.54, 1.807) is 19.3 Å². The lowest BCUT2D eigenvalue weighted by Crippen LogP contribution is -2.28. The lowest BCUT2D eigenvalue weighted by atomic mass is 9.86. The van der Waals surface area contributed by atoms with Crippen LogP contribution in [0.15, 0.2) is 48.8 Å². The van der Waals surface area contributed by atoms with E-state index in [0.29, 0.717) is 46.4 Å². The van der Waals surface area contributed by atoms with Gasteiger partial charge in [0.15, 0.2) is 17.7 Å². The smallest absolute Gasteiger partial charge is 0.337 e. The quantitative estimate of drug-likeness (QED) is 0.196. The fourth-order valence-electron chi connectivity index (χ4n) is 6.40. The molecular weight excluding hydrogens is 597 g/mol. The summed E-state index contributed by atoms with van der Waals surface area (Å²) in [6, 6.07) is 11.3. The van der Waals surface area contributed by atoms with E-state index in [0.717, 1.165) is 45.9 Å². The Bertz CT molecular complexity index is 2010. The van der Waals surface area contributed by atoms with E-state index in [-0.39, 0.29) is 5.75 Å². The molecule has 0 spiro atoms. The molecule has 0 saturated carbocycles. The van der Waals surface area contributed by atoms with Crippen molar-refractivity contribution in [3.63, 3.8) is 0 Å². The van der Waals surface area contributed by atoms with Gasteiger partial charge in [0, 0.05) is 72.4 Å². The highest BCUT2D eigenvalue weighted by atomic mass is 19.1. The van der Waals surface area contributed by atoms with Crippen LogP contribution in [0.1, 0.15) is 55.7 Å². The molecule has 5 heterocycles. The van der Waals surface area contributed by atoms with Crippen molar-refractivity contribution >= 4 is 22.8 Å². The first kappa shape index (κ1) is 32.1. The van der Waals surface area contributed by atoms with E-state index in [9.17, 15) is 9.90 Å². The molecule has 4 aromatic heterocycles. The summed E-state index contributed by atoms with van der Waals surface area (Å²) >= 11 is 0. The van der Waals surface area contributed by atoms with Crippen molar-refractivity contribution in [1.29, 1.82) is 0 Å². The van der Waals surface area contributed by atoms with Crippen LogP contribution >= 0.6 is 0 Å². The van der Waals surface area contributed by atoms with Gasteiger partial charge in [-0.1, -0.05) is 0 Å². The predicted octanol–water partition coefficient (Wildman–Crippen LogP) is 7.45. The molecule has 0 aliphatic carbocycles. The van der Waals surface area contributed by atoms with Crippen molar-refractivity contribution in [2.45, 2.75) is 59.2 Å². The van der Waals surface area contributed by atoms with Gasteiger partial charge in [-0.25, -0.2) is 19.2 Å². The summed E-state index contributed by atoms with van der Waals surface area (Å²) in [6.07, 6.45) is 3.65. The van der Waals surface area contributed by atoms with Crippen LogP contribution in [0.5, 0.6) is 5.75 Å². The van der Waals surface area contributed by atoms with Gasteiger partial charge in [0.25, 0.3) is 0 Å². The third kappa shape index (κ3) is 5.93. The molecule has 1 N–H and O–H groups in total. The number of carboxylic acid groups (broad SMARTS) is 1. The van der Waals surface area contributed by atoms with Gasteiger partial charge in [-0.2, -0.15) is 0 Å². The number of benzene rings is 1. The zero-order chi connectivity index (χ0) is 33.8. The highest BCUT2D eigenvalue weighted by Crippen LogP contribution is 2.45. The summed E-state index contributed by atoms with van der Waals surface area (Å²) < 4.78 is 29.7. The highest BCUT2D eigenvalue weighted by Gasteiger charge is 2.34. The minimum Gasteiger partial charge on any atom is -0.490 e. The Morgan fingerprint density at radius 1 is 1.11 bits per heavy atom. The molecule has 0 saturated heterocycles. The van der Waals surface area contributed by atoms with Crippen LogP contribution in [0.25, 0.3) is 44.7 Å². The third-order valence-electron chi connectivity index (χ3n) is 8.62. The number of nitrogens with zero attached hydrogens (tertiary/aromatic N) is 5. The van der Waals surface area contributed by atoms with Crippen LogP contribution in [0.4, 0.5) is 10.2 Å². The predicted molar refractivity (Wildman–Crippen MR) is 181 cm³/mol. The minimum atomic E-state index is -1.34. The van der Waals surface area contributed by atoms with Crippen LogP contribution in [-0.4, -0.2) is 56.9 Å². The second-order valence-corrected chi connectivity index (χ2v) is 13.3. The van der Waals surface area contributed by atoms with Crippen molar-refractivity contribution in [3.8, 4) is 39.4 Å². The molecule has 0 fully saturated rings. The molecule has 0 amide bonds. The van der Waals surface area contributed by atoms with E-state index < -0.39 is 23.5 Å². The Balaban J connectivity index is 1.62. The molecule has 10 heteroatoms. The number of fused-ring (bicyclic) bond motifs is 2. The average molecular weight is 638 g/mol. The maximum atomic E-state index is 15.8. The monoisotopic (exact) mass is 637 g/mol. The van der Waals surface area contributed by atoms with E-state index >= 15 is 4.39 Å². The van der Waals surface area contributed by atoms with E-state index in [1.807, 2.05) is 88.6 Å². The molecule has 1 aliphatic heterocycles. The molecule has 6 rings (SSSR count). The summed E-state index contributed by atoms with van der Waals surface area (Å²) in [5.74, 6) is -0.498. The van der Waals surface area contributed by atoms with Gasteiger partial charge < -0.3 is 24.0 Å². The zero-order valence-electron chi connectivity index (χ0n) is 28.1. The van der Waals surface area contributed by atoms with Crippen LogP contribution < -0.4 is 9.64 Å². The van der Waals surface area contributed by atoms with Gasteiger partial charge in [0.1, 0.15) is 11.5 Å². The van der Waals surface area contributed by atoms with Crippen LogP contribution in [-0.2, 0) is 23.0 Å². The molecule has 5 aromatic rings. The Labute approximate surface area is 274 Å². The maximum Gasteiger partial charge on any atom is 0.337 e. The summed E-state index contributed by atoms with van der Waals surface area (Å²) in [7, 11) is 5.81. The number of hydrogen-bond acceptors (Lipinski definition) is 7. The number of carboxylic acids is 1. The first-order valence-electron chi connectivity index (χ1n) is 15.7. The number of ether oxygens (including phenoxy) is 2. The lowest BCUT2D eigenvalue weighted by molar-refractivity contribution is -0.160. The van der Waals surface area contributed by atoms with E-state index in [1.165, 1.54) is 6.07 Å². The number of anilines is 1. The minimum absolute atomic E-state index is 0.271. The second-order valence-electron chi connectivity index (χ2n) is 13.3. The number of aromatic nitrogens is 4. The largest absolute Gasteiger partial charge is 0.490 e. The van der Waals surface area contributed by atoms with Gasteiger partial charge in [-0.3, -0.25) is 4.98 Å². The van der Waals surface area contributed by atoms with Gasteiger partial charge in [0.2, 0.25) is 0 Å². The van der Waals surface area contributed by atoms with E-state index in [2.05, 4.69) is 9.97 Å². The van der Waals surface area contributed by atoms with Gasteiger partial charge >= 0.3 is 5.97 Å². The maximum absolute atomic E-state index is 15.8. The average Bonchev–Trinajstić information content (AvgIpc) is 3.36. The molecule has 9 nitrogen and oxygen atoms in total. The third-order valence-corrected chi connectivity index (χ3v) is 8.62. The van der Waals surface area contributed by atoms with Crippen LogP contribution in [0.3, 0.4) is 0 Å². The zero-order valence-corrected chi connectivity index (χ0v) is 28.1. The standard InChI is InChI=1S/C37H40FN5O4/c1-20-24-10-9-15-46-33(24)27(38)17-25(20)32-26-18-29(22-13-14-39-28(16-22)23-11-12-30(40-19-23)42(6)7)43(8)35(26)41-21(2)31(32)34(36(44)45)47-37(3,4)5/h11-14,16-19,34H,9-10,15H2,1-8H3,(H,44,45). The molecule has 47 heavy (non-hydrogen) atoms. The Morgan fingerprint density at radius 3 is 2.53 bits per heavy atom. The molecule has 1 aromatic carbocycles. The number of halogens is 1. The number of rotatable bonds is 7. The summed E-state index contributed by atoms with van der Waals surface area (Å²) in [5, 5.41) is 11.2. The van der Waals surface area contributed by atoms with Crippen LogP contribution in [0.2, 0.25) is 0 Å². The van der Waals surface area contributed by atoms with Gasteiger partial charge in [-0.05, 0) is 95.0 Å². The van der Waals surface area contributed by atoms with Crippen molar-refractivity contribution in [2.24, 2.45) is 7.05 Å². The Kier molecular flexibility index (Phi) is 8.25. The molecule has 1 unspecified atom stereocenters. The normalized spacial score (nSPS) is 13.7. The number of hydrogen-bond donors (Lipinski definition) is 1. The van der Waals surface area contributed by atoms with Crippen molar-refractivity contribution in [1.82, 2.24) is 19.5 Å². The summed E-state index contributed by atoms with van der Waals surface area (Å²) in [6.45, 7) is 9.64. The topological polar surface area (TPSA) is 103 Å². The molecular formula is C37H40FN5O4. The first-order valence-corrected chi connectivity index (χ1v) is 15.7. The lowest BCUT2D eigenvalue weighted by Gasteiger charge is -2.29. The first-order chi connectivity index (χ1) is 22.2. The molecule has 1 aliphatic rings. The summed E-state index contributed by atoms with van der Waals surface area (Å²) in [4.78, 5) is 28.9. The number of pyridine rings is 3. The van der Waals surface area contributed by atoms with Gasteiger partial charge in [0.05, 0.1) is 23.6 Å². The summed E-state index contributed by atoms with van der Waals surface area (Å²) in [5.41, 5.74) is 6.95. The van der Waals surface area contributed by atoms with Crippen molar-refractivity contribution in [3.05, 3.63) is 77.0 Å². The highest BCUT2D eigenvalue weighted by molar-refractivity contribution is 6.01. The van der Waals surface area contributed by atoms with Crippen molar-refractivity contribution < 1.29 is 23.8 Å². The fourth-order valence-corrected chi connectivity index (χ4v) is 6.40. The SMILES string of the molecule is Cc1nc2c(cc(-c3ccnc(-c4ccc(N(C)C)nc4)c3)n2C)c(-c2cc(F)c3c(c2C)CCCO3)c1C(OC(C)(C)C)C(=O)O. The number of aliphatic carboxylic acids is 1. The fraction of sp³-hybridized carbons (Fsp3) is 0.351. The van der Waals surface area contributed by atoms with Gasteiger partial charge in [-0.15, -0.1) is 0 Å². The number of aryl methyl sites for hydroxylation is 2. The van der Waals surface area contributed by atoms with Crippen molar-refractivity contribution in [2.75, 3.05) is 25.6 Å².